The van der Waals surface area contributed by atoms with Crippen molar-refractivity contribution < 1.29 is 9.21 Å². The molecule has 0 saturated carbocycles. The number of rotatable bonds is 8. The maximum absolute atomic E-state index is 13.4. The van der Waals surface area contributed by atoms with Crippen molar-refractivity contribution in [2.75, 3.05) is 23.3 Å². The molecule has 5 rings (SSSR count). The van der Waals surface area contributed by atoms with E-state index in [4.69, 9.17) is 4.42 Å². The first-order chi connectivity index (χ1) is 16.8. The fraction of sp³-hybridized carbons (Fsp3) is 0.269. The molecule has 1 atom stereocenters. The number of furan rings is 1. The van der Waals surface area contributed by atoms with Crippen LogP contribution in [-0.2, 0) is 11.3 Å². The summed E-state index contributed by atoms with van der Waals surface area (Å²) in [6, 6.07) is 23.1. The van der Waals surface area contributed by atoms with Gasteiger partial charge < -0.3 is 14.6 Å². The molecule has 2 aromatic heterocycles. The second kappa shape index (κ2) is 10.6. The van der Waals surface area contributed by atoms with Crippen molar-refractivity contribution in [2.24, 2.45) is 0 Å². The maximum Gasteiger partial charge on any atom is 0.242 e. The average Bonchev–Trinajstić information content (AvgIpc) is 3.54. The van der Waals surface area contributed by atoms with Gasteiger partial charge >= 0.3 is 0 Å². The van der Waals surface area contributed by atoms with Crippen molar-refractivity contribution >= 4 is 29.3 Å². The molecular formula is C26H27N5O2S. The number of nitrogens with one attached hydrogen (secondary N) is 1. The Morgan fingerprint density at radius 2 is 1.68 bits per heavy atom. The molecule has 1 amide bonds. The molecule has 34 heavy (non-hydrogen) atoms. The van der Waals surface area contributed by atoms with E-state index in [1.807, 2.05) is 72.8 Å². The zero-order valence-electron chi connectivity index (χ0n) is 18.8. The van der Waals surface area contributed by atoms with E-state index in [-0.39, 0.29) is 5.91 Å². The largest absolute Gasteiger partial charge is 0.467 e. The van der Waals surface area contributed by atoms with E-state index in [1.54, 1.807) is 6.26 Å². The van der Waals surface area contributed by atoms with Crippen molar-refractivity contribution in [3.63, 3.8) is 0 Å². The third-order valence-corrected chi connectivity index (χ3v) is 7.07. The van der Waals surface area contributed by atoms with Gasteiger partial charge in [-0.2, -0.15) is 0 Å². The normalized spacial score (nSPS) is 14.6. The zero-order chi connectivity index (χ0) is 23.2. The summed E-state index contributed by atoms with van der Waals surface area (Å²) in [6.45, 7) is 2.42. The first-order valence-electron chi connectivity index (χ1n) is 11.6. The molecule has 4 aromatic rings. The number of hydrogen-bond donors (Lipinski definition) is 1. The Morgan fingerprint density at radius 1 is 0.941 bits per heavy atom. The smallest absolute Gasteiger partial charge is 0.242 e. The van der Waals surface area contributed by atoms with Gasteiger partial charge in [-0.05, 0) is 49.1 Å². The number of piperidine rings is 1. The highest BCUT2D eigenvalue weighted by atomic mass is 32.2. The van der Waals surface area contributed by atoms with Crippen molar-refractivity contribution in [2.45, 2.75) is 36.2 Å². The molecule has 1 fully saturated rings. The Kier molecular flexibility index (Phi) is 6.95. The van der Waals surface area contributed by atoms with Gasteiger partial charge in [0.2, 0.25) is 11.9 Å². The van der Waals surface area contributed by atoms with Gasteiger partial charge in [0.15, 0.2) is 5.16 Å². The lowest BCUT2D eigenvalue weighted by atomic mass is 10.1. The summed E-state index contributed by atoms with van der Waals surface area (Å²) in [5.74, 6) is 1.55. The number of benzene rings is 2. The van der Waals surface area contributed by atoms with E-state index < -0.39 is 5.25 Å². The number of nitrogens with zero attached hydrogens (tertiary/aromatic N) is 4. The number of thioether (sulfide) groups is 1. The van der Waals surface area contributed by atoms with Crippen molar-refractivity contribution in [1.82, 2.24) is 14.8 Å². The van der Waals surface area contributed by atoms with E-state index in [2.05, 4.69) is 25.0 Å². The molecule has 8 heteroatoms. The number of carbonyl (C=O) groups is 1. The van der Waals surface area contributed by atoms with E-state index in [0.717, 1.165) is 48.9 Å². The lowest BCUT2D eigenvalue weighted by Crippen LogP contribution is -2.32. The van der Waals surface area contributed by atoms with Gasteiger partial charge in [0.05, 0.1) is 12.8 Å². The molecule has 1 aliphatic heterocycles. The van der Waals surface area contributed by atoms with E-state index >= 15 is 0 Å². The first kappa shape index (κ1) is 22.3. The minimum absolute atomic E-state index is 0.102. The Balaban J connectivity index is 1.47. The average molecular weight is 474 g/mol. The third-order valence-electron chi connectivity index (χ3n) is 5.84. The molecule has 174 valence electrons. The molecule has 0 aliphatic carbocycles. The second-order valence-corrected chi connectivity index (χ2v) is 9.33. The summed E-state index contributed by atoms with van der Waals surface area (Å²) in [7, 11) is 0. The monoisotopic (exact) mass is 473 g/mol. The summed E-state index contributed by atoms with van der Waals surface area (Å²) in [4.78, 5) is 15.7. The summed E-state index contributed by atoms with van der Waals surface area (Å²) in [6.07, 6.45) is 5.19. The molecule has 1 unspecified atom stereocenters. The molecule has 7 nitrogen and oxygen atoms in total. The van der Waals surface area contributed by atoms with Gasteiger partial charge in [0, 0.05) is 18.8 Å². The maximum atomic E-state index is 13.4. The van der Waals surface area contributed by atoms with Crippen LogP contribution in [0.1, 0.15) is 35.8 Å². The number of para-hydroxylation sites is 1. The highest BCUT2D eigenvalue weighted by Crippen LogP contribution is 2.37. The standard InChI is InChI=1S/C26H27N5O2S/c32-24(27-21-13-6-2-7-14-21)23(20-11-4-1-5-12-20)34-26-29-28-25(30-16-8-3-9-17-30)31(26)19-22-15-10-18-33-22/h1-2,4-7,10-15,18,23H,3,8-9,16-17,19H2,(H,27,32). The molecule has 3 heterocycles. The van der Waals surface area contributed by atoms with Gasteiger partial charge in [-0.1, -0.05) is 60.3 Å². The van der Waals surface area contributed by atoms with E-state index in [1.165, 1.54) is 18.2 Å². The molecule has 0 radical (unpaired) electrons. The lowest BCUT2D eigenvalue weighted by Gasteiger charge is -2.27. The van der Waals surface area contributed by atoms with Crippen LogP contribution < -0.4 is 10.2 Å². The van der Waals surface area contributed by atoms with Crippen LogP contribution in [0.4, 0.5) is 11.6 Å². The van der Waals surface area contributed by atoms with E-state index in [0.29, 0.717) is 11.7 Å². The van der Waals surface area contributed by atoms with Crippen LogP contribution in [-0.4, -0.2) is 33.8 Å². The summed E-state index contributed by atoms with van der Waals surface area (Å²) in [5, 5.41) is 12.3. The second-order valence-electron chi connectivity index (χ2n) is 8.26. The fourth-order valence-electron chi connectivity index (χ4n) is 4.13. The van der Waals surface area contributed by atoms with E-state index in [9.17, 15) is 4.79 Å². The quantitative estimate of drug-likeness (QED) is 0.346. The number of carbonyl (C=O) groups excluding carboxylic acids is 1. The SMILES string of the molecule is O=C(Nc1ccccc1)C(Sc1nnc(N2CCCCC2)n1Cc1ccco1)c1ccccc1. The van der Waals surface area contributed by atoms with Gasteiger partial charge in [-0.25, -0.2) is 0 Å². The van der Waals surface area contributed by atoms with Crippen LogP contribution in [0, 0.1) is 0 Å². The van der Waals surface area contributed by atoms with Crippen LogP contribution in [0.25, 0.3) is 0 Å². The highest BCUT2D eigenvalue weighted by molar-refractivity contribution is 8.00. The third kappa shape index (κ3) is 5.17. The Labute approximate surface area is 203 Å². The predicted molar refractivity (Wildman–Crippen MR) is 134 cm³/mol. The number of aromatic nitrogens is 3. The minimum atomic E-state index is -0.491. The van der Waals surface area contributed by atoms with Crippen LogP contribution in [0.3, 0.4) is 0 Å². The van der Waals surface area contributed by atoms with Crippen LogP contribution >= 0.6 is 11.8 Å². The Hall–Kier alpha value is -3.52. The molecule has 0 spiro atoms. The molecular weight excluding hydrogens is 446 g/mol. The highest BCUT2D eigenvalue weighted by Gasteiger charge is 2.28. The Morgan fingerprint density at radius 3 is 2.38 bits per heavy atom. The number of amides is 1. The van der Waals surface area contributed by atoms with Crippen molar-refractivity contribution in [3.05, 3.63) is 90.4 Å². The number of hydrogen-bond acceptors (Lipinski definition) is 6. The predicted octanol–water partition coefficient (Wildman–Crippen LogP) is 5.38. The Bertz CT molecular complexity index is 1190. The fourth-order valence-corrected chi connectivity index (χ4v) is 5.16. The van der Waals surface area contributed by atoms with Gasteiger partial charge in [0.25, 0.3) is 0 Å². The minimum Gasteiger partial charge on any atom is -0.467 e. The lowest BCUT2D eigenvalue weighted by molar-refractivity contribution is -0.115. The molecule has 1 N–H and O–H groups in total. The summed E-state index contributed by atoms with van der Waals surface area (Å²) >= 11 is 1.41. The summed E-state index contributed by atoms with van der Waals surface area (Å²) < 4.78 is 7.71. The van der Waals surface area contributed by atoms with Gasteiger partial charge in [-0.3, -0.25) is 9.36 Å². The number of anilines is 2. The van der Waals surface area contributed by atoms with Gasteiger partial charge in [0.1, 0.15) is 11.0 Å². The van der Waals surface area contributed by atoms with Gasteiger partial charge in [-0.15, -0.1) is 10.2 Å². The van der Waals surface area contributed by atoms with Crippen molar-refractivity contribution in [3.8, 4) is 0 Å². The van der Waals surface area contributed by atoms with Crippen LogP contribution in [0.15, 0.2) is 88.6 Å². The molecule has 1 saturated heterocycles. The molecule has 1 aliphatic rings. The topological polar surface area (TPSA) is 76.2 Å². The summed E-state index contributed by atoms with van der Waals surface area (Å²) in [5.41, 5.74) is 1.67. The molecule has 0 bridgehead atoms. The van der Waals surface area contributed by atoms with Crippen LogP contribution in [0.2, 0.25) is 0 Å². The zero-order valence-corrected chi connectivity index (χ0v) is 19.7. The molecule has 2 aromatic carbocycles. The van der Waals surface area contributed by atoms with Crippen LogP contribution in [0.5, 0.6) is 0 Å². The first-order valence-corrected chi connectivity index (χ1v) is 12.4. The van der Waals surface area contributed by atoms with Crippen molar-refractivity contribution in [1.29, 1.82) is 0 Å².